The van der Waals surface area contributed by atoms with E-state index in [0.717, 1.165) is 35.2 Å². The van der Waals surface area contributed by atoms with Gasteiger partial charge in [0.1, 0.15) is 0 Å². The highest BCUT2D eigenvalue weighted by molar-refractivity contribution is 5.94. The Hall–Kier alpha value is -3.44. The van der Waals surface area contributed by atoms with E-state index in [1.54, 1.807) is 0 Å². The standard InChI is InChI=1S/C27H28N2O3/c30-26-7-4-16-29(26)18-22-12-14-25(15-13-22)27(31)28-17-21-8-10-24(11-9-21)20-32-19-23-5-2-1-3-6-23/h1-3,5-6,8-15H,4,7,16-20H2,(H,28,31). The molecule has 1 fully saturated rings. The number of carbonyl (C=O) groups is 2. The minimum absolute atomic E-state index is 0.107. The van der Waals surface area contributed by atoms with Crippen molar-refractivity contribution >= 4 is 11.8 Å². The van der Waals surface area contributed by atoms with E-state index < -0.39 is 0 Å². The summed E-state index contributed by atoms with van der Waals surface area (Å²) in [5, 5.41) is 2.96. The minimum Gasteiger partial charge on any atom is -0.372 e. The normalized spacial score (nSPS) is 13.4. The molecule has 0 saturated carbocycles. The topological polar surface area (TPSA) is 58.6 Å². The molecule has 0 unspecified atom stereocenters. The first-order valence-corrected chi connectivity index (χ1v) is 11.0. The monoisotopic (exact) mass is 428 g/mol. The third-order valence-electron chi connectivity index (χ3n) is 5.62. The molecule has 1 aliphatic rings. The van der Waals surface area contributed by atoms with Gasteiger partial charge in [-0.05, 0) is 40.8 Å². The molecule has 5 heteroatoms. The summed E-state index contributed by atoms with van der Waals surface area (Å²) in [7, 11) is 0. The Morgan fingerprint density at radius 3 is 2.09 bits per heavy atom. The Bertz CT molecular complexity index is 1030. The van der Waals surface area contributed by atoms with Crippen LogP contribution in [0.4, 0.5) is 0 Å². The highest BCUT2D eigenvalue weighted by atomic mass is 16.5. The number of hydrogen-bond acceptors (Lipinski definition) is 3. The van der Waals surface area contributed by atoms with E-state index in [2.05, 4.69) is 5.32 Å². The predicted octanol–water partition coefficient (Wildman–Crippen LogP) is 4.46. The van der Waals surface area contributed by atoms with Gasteiger partial charge in [0.2, 0.25) is 5.91 Å². The van der Waals surface area contributed by atoms with Crippen molar-refractivity contribution in [3.63, 3.8) is 0 Å². The fraction of sp³-hybridized carbons (Fsp3) is 0.259. The van der Waals surface area contributed by atoms with Crippen molar-refractivity contribution in [1.29, 1.82) is 0 Å². The maximum absolute atomic E-state index is 12.5. The second kappa shape index (κ2) is 10.7. The summed E-state index contributed by atoms with van der Waals surface area (Å²) in [6.45, 7) is 3.04. The summed E-state index contributed by atoms with van der Waals surface area (Å²) in [6, 6.07) is 25.7. The molecule has 1 heterocycles. The number of ether oxygens (including phenoxy) is 1. The van der Waals surface area contributed by atoms with Crippen LogP contribution < -0.4 is 5.32 Å². The smallest absolute Gasteiger partial charge is 0.251 e. The van der Waals surface area contributed by atoms with Crippen LogP contribution >= 0.6 is 0 Å². The molecule has 0 atom stereocenters. The lowest BCUT2D eigenvalue weighted by Crippen LogP contribution is -2.24. The van der Waals surface area contributed by atoms with E-state index in [1.165, 1.54) is 0 Å². The average Bonchev–Trinajstić information content (AvgIpc) is 3.23. The lowest BCUT2D eigenvalue weighted by Gasteiger charge is -2.15. The summed E-state index contributed by atoms with van der Waals surface area (Å²) in [5.41, 5.74) is 4.95. The molecule has 2 amide bonds. The van der Waals surface area contributed by atoms with Crippen LogP contribution in [0.25, 0.3) is 0 Å². The van der Waals surface area contributed by atoms with E-state index in [-0.39, 0.29) is 11.8 Å². The molecule has 32 heavy (non-hydrogen) atoms. The highest BCUT2D eigenvalue weighted by Crippen LogP contribution is 2.15. The van der Waals surface area contributed by atoms with Crippen LogP contribution in [-0.4, -0.2) is 23.3 Å². The Morgan fingerprint density at radius 1 is 0.812 bits per heavy atom. The molecule has 0 aromatic heterocycles. The molecule has 1 saturated heterocycles. The van der Waals surface area contributed by atoms with Crippen LogP contribution in [-0.2, 0) is 35.8 Å². The van der Waals surface area contributed by atoms with Crippen molar-refractivity contribution in [2.75, 3.05) is 6.54 Å². The van der Waals surface area contributed by atoms with Crippen LogP contribution in [0.5, 0.6) is 0 Å². The van der Waals surface area contributed by atoms with Gasteiger partial charge in [0.05, 0.1) is 13.2 Å². The quantitative estimate of drug-likeness (QED) is 0.548. The fourth-order valence-electron chi connectivity index (χ4n) is 3.75. The minimum atomic E-state index is -0.107. The first-order valence-electron chi connectivity index (χ1n) is 11.0. The first-order chi connectivity index (χ1) is 15.7. The molecule has 4 rings (SSSR count). The number of benzene rings is 3. The van der Waals surface area contributed by atoms with Gasteiger partial charge in [-0.15, -0.1) is 0 Å². The molecule has 0 radical (unpaired) electrons. The second-order valence-corrected chi connectivity index (χ2v) is 8.09. The largest absolute Gasteiger partial charge is 0.372 e. The predicted molar refractivity (Wildman–Crippen MR) is 124 cm³/mol. The molecule has 0 aliphatic carbocycles. The van der Waals surface area contributed by atoms with Gasteiger partial charge in [-0.1, -0.05) is 66.7 Å². The van der Waals surface area contributed by atoms with E-state index >= 15 is 0 Å². The number of hydrogen-bond donors (Lipinski definition) is 1. The fourth-order valence-corrected chi connectivity index (χ4v) is 3.75. The Balaban J connectivity index is 1.21. The first kappa shape index (κ1) is 21.8. The van der Waals surface area contributed by atoms with Gasteiger partial charge in [0.15, 0.2) is 0 Å². The van der Waals surface area contributed by atoms with Crippen LogP contribution in [0, 0.1) is 0 Å². The highest BCUT2D eigenvalue weighted by Gasteiger charge is 2.20. The van der Waals surface area contributed by atoms with Crippen LogP contribution in [0.15, 0.2) is 78.9 Å². The lowest BCUT2D eigenvalue weighted by molar-refractivity contribution is -0.128. The van der Waals surface area contributed by atoms with Crippen molar-refractivity contribution in [2.45, 2.75) is 39.1 Å². The summed E-state index contributed by atoms with van der Waals surface area (Å²) in [5.74, 6) is 0.102. The van der Waals surface area contributed by atoms with Crippen molar-refractivity contribution in [3.8, 4) is 0 Å². The molecule has 0 bridgehead atoms. The summed E-state index contributed by atoms with van der Waals surface area (Å²) >= 11 is 0. The molecule has 1 N–H and O–H groups in total. The van der Waals surface area contributed by atoms with E-state index in [0.29, 0.717) is 38.3 Å². The van der Waals surface area contributed by atoms with Crippen molar-refractivity contribution < 1.29 is 14.3 Å². The van der Waals surface area contributed by atoms with Crippen LogP contribution in [0.1, 0.15) is 45.5 Å². The third kappa shape index (κ3) is 6.05. The molecular weight excluding hydrogens is 400 g/mol. The number of carbonyl (C=O) groups excluding carboxylic acids is 2. The number of rotatable bonds is 9. The van der Waals surface area contributed by atoms with Gasteiger partial charge in [-0.2, -0.15) is 0 Å². The van der Waals surface area contributed by atoms with Crippen molar-refractivity contribution in [2.24, 2.45) is 0 Å². The number of amides is 2. The van der Waals surface area contributed by atoms with Crippen LogP contribution in [0.3, 0.4) is 0 Å². The third-order valence-corrected chi connectivity index (χ3v) is 5.62. The maximum Gasteiger partial charge on any atom is 0.251 e. The van der Waals surface area contributed by atoms with Gasteiger partial charge in [-0.25, -0.2) is 0 Å². The molecule has 1 aliphatic heterocycles. The summed E-state index contributed by atoms with van der Waals surface area (Å²) in [6.07, 6.45) is 1.57. The number of nitrogens with zero attached hydrogens (tertiary/aromatic N) is 1. The number of likely N-dealkylation sites (tertiary alicyclic amines) is 1. The zero-order chi connectivity index (χ0) is 22.2. The second-order valence-electron chi connectivity index (χ2n) is 8.09. The summed E-state index contributed by atoms with van der Waals surface area (Å²) < 4.78 is 5.77. The summed E-state index contributed by atoms with van der Waals surface area (Å²) in [4.78, 5) is 26.1. The average molecular weight is 429 g/mol. The van der Waals surface area contributed by atoms with E-state index in [4.69, 9.17) is 4.74 Å². The zero-order valence-corrected chi connectivity index (χ0v) is 18.1. The van der Waals surface area contributed by atoms with Crippen LogP contribution in [0.2, 0.25) is 0 Å². The molecule has 0 spiro atoms. The lowest BCUT2D eigenvalue weighted by atomic mass is 10.1. The maximum atomic E-state index is 12.5. The van der Waals surface area contributed by atoms with Gasteiger partial charge < -0.3 is 15.0 Å². The van der Waals surface area contributed by atoms with Crippen molar-refractivity contribution in [3.05, 3.63) is 107 Å². The molecule has 5 nitrogen and oxygen atoms in total. The van der Waals surface area contributed by atoms with Gasteiger partial charge in [0.25, 0.3) is 5.91 Å². The number of nitrogens with one attached hydrogen (secondary N) is 1. The van der Waals surface area contributed by atoms with Crippen molar-refractivity contribution in [1.82, 2.24) is 10.2 Å². The Kier molecular flexibility index (Phi) is 7.31. The van der Waals surface area contributed by atoms with E-state index in [1.807, 2.05) is 83.8 Å². The molecule has 164 valence electrons. The van der Waals surface area contributed by atoms with Gasteiger partial charge in [-0.3, -0.25) is 9.59 Å². The molecule has 3 aromatic rings. The Labute approximate surface area is 189 Å². The zero-order valence-electron chi connectivity index (χ0n) is 18.1. The SMILES string of the molecule is O=C(NCc1ccc(COCc2ccccc2)cc1)c1ccc(CN2CCCC2=O)cc1. The Morgan fingerprint density at radius 2 is 1.44 bits per heavy atom. The molecule has 3 aromatic carbocycles. The van der Waals surface area contributed by atoms with Gasteiger partial charge >= 0.3 is 0 Å². The van der Waals surface area contributed by atoms with E-state index in [9.17, 15) is 9.59 Å². The molecular formula is C27H28N2O3. The van der Waals surface area contributed by atoms with Gasteiger partial charge in [0, 0.05) is 31.6 Å².